The van der Waals surface area contributed by atoms with E-state index in [1.54, 1.807) is 0 Å². The maximum absolute atomic E-state index is 5.95. The standard InChI is InChI=1S/C13H23N3O/c1-10(2)15-7-11-5-4-6-17-13(11)12-8-14-9-16(12)3/h8-11,13,15H,4-7H2,1-3H3. The van der Waals surface area contributed by atoms with Gasteiger partial charge in [-0.15, -0.1) is 0 Å². The maximum atomic E-state index is 5.95. The van der Waals surface area contributed by atoms with E-state index in [2.05, 4.69) is 28.7 Å². The molecule has 2 atom stereocenters. The number of ether oxygens (including phenoxy) is 1. The first kappa shape index (κ1) is 12.6. The highest BCUT2D eigenvalue weighted by Crippen LogP contribution is 2.32. The van der Waals surface area contributed by atoms with Crippen molar-refractivity contribution >= 4 is 0 Å². The topological polar surface area (TPSA) is 39.1 Å². The van der Waals surface area contributed by atoms with E-state index in [9.17, 15) is 0 Å². The minimum Gasteiger partial charge on any atom is -0.372 e. The second-order valence-corrected chi connectivity index (χ2v) is 5.19. The Bertz CT molecular complexity index is 348. The average molecular weight is 237 g/mol. The van der Waals surface area contributed by atoms with Gasteiger partial charge in [0, 0.05) is 32.2 Å². The van der Waals surface area contributed by atoms with Gasteiger partial charge < -0.3 is 14.6 Å². The molecule has 0 bridgehead atoms. The lowest BCUT2D eigenvalue weighted by Crippen LogP contribution is -2.35. The SMILES string of the molecule is CC(C)NCC1CCCOC1c1cncn1C. The molecule has 1 saturated heterocycles. The third-order valence-corrected chi connectivity index (χ3v) is 3.38. The Hall–Kier alpha value is -0.870. The Morgan fingerprint density at radius 1 is 1.59 bits per heavy atom. The fourth-order valence-corrected chi connectivity index (χ4v) is 2.41. The first-order chi connectivity index (χ1) is 8.18. The van der Waals surface area contributed by atoms with Crippen molar-refractivity contribution < 1.29 is 4.74 Å². The van der Waals surface area contributed by atoms with Crippen LogP contribution >= 0.6 is 0 Å². The molecule has 0 amide bonds. The minimum atomic E-state index is 0.197. The van der Waals surface area contributed by atoms with Gasteiger partial charge in [-0.05, 0) is 12.8 Å². The molecule has 1 aliphatic heterocycles. The number of hydrogen-bond acceptors (Lipinski definition) is 3. The van der Waals surface area contributed by atoms with Crippen LogP contribution in [0.5, 0.6) is 0 Å². The van der Waals surface area contributed by atoms with Gasteiger partial charge in [0.05, 0.1) is 18.2 Å². The maximum Gasteiger partial charge on any atom is 0.103 e. The lowest BCUT2D eigenvalue weighted by atomic mass is 9.92. The summed E-state index contributed by atoms with van der Waals surface area (Å²) in [6.45, 7) is 6.26. The molecular formula is C13H23N3O. The van der Waals surface area contributed by atoms with Crippen LogP contribution in [0.25, 0.3) is 0 Å². The van der Waals surface area contributed by atoms with Gasteiger partial charge in [0.25, 0.3) is 0 Å². The van der Waals surface area contributed by atoms with Crippen LogP contribution in [0.2, 0.25) is 0 Å². The number of imidazole rings is 1. The number of aryl methyl sites for hydroxylation is 1. The van der Waals surface area contributed by atoms with Crippen molar-refractivity contribution in [3.05, 3.63) is 18.2 Å². The van der Waals surface area contributed by atoms with Crippen LogP contribution in [0.15, 0.2) is 12.5 Å². The van der Waals surface area contributed by atoms with Gasteiger partial charge in [-0.25, -0.2) is 4.98 Å². The fraction of sp³-hybridized carbons (Fsp3) is 0.769. The van der Waals surface area contributed by atoms with Gasteiger partial charge in [0.1, 0.15) is 6.10 Å². The summed E-state index contributed by atoms with van der Waals surface area (Å²) >= 11 is 0. The van der Waals surface area contributed by atoms with Crippen LogP contribution in [0.4, 0.5) is 0 Å². The average Bonchev–Trinajstić information content (AvgIpc) is 2.73. The molecule has 17 heavy (non-hydrogen) atoms. The lowest BCUT2D eigenvalue weighted by molar-refractivity contribution is -0.0322. The molecule has 2 unspecified atom stereocenters. The highest BCUT2D eigenvalue weighted by Gasteiger charge is 2.29. The van der Waals surface area contributed by atoms with Crippen LogP contribution in [0.3, 0.4) is 0 Å². The summed E-state index contributed by atoms with van der Waals surface area (Å²) in [4.78, 5) is 4.19. The second-order valence-electron chi connectivity index (χ2n) is 5.19. The van der Waals surface area contributed by atoms with Crippen LogP contribution < -0.4 is 5.32 Å². The van der Waals surface area contributed by atoms with E-state index >= 15 is 0 Å². The molecule has 2 rings (SSSR count). The van der Waals surface area contributed by atoms with E-state index in [1.807, 2.05) is 19.6 Å². The zero-order chi connectivity index (χ0) is 12.3. The van der Waals surface area contributed by atoms with E-state index < -0.39 is 0 Å². The third-order valence-electron chi connectivity index (χ3n) is 3.38. The largest absolute Gasteiger partial charge is 0.372 e. The van der Waals surface area contributed by atoms with Gasteiger partial charge >= 0.3 is 0 Å². The van der Waals surface area contributed by atoms with Gasteiger partial charge in [0.15, 0.2) is 0 Å². The molecule has 0 aliphatic carbocycles. The smallest absolute Gasteiger partial charge is 0.103 e. The van der Waals surface area contributed by atoms with Gasteiger partial charge in [0.2, 0.25) is 0 Å². The Labute approximate surface area is 103 Å². The van der Waals surface area contributed by atoms with Crippen molar-refractivity contribution in [3.8, 4) is 0 Å². The normalized spacial score (nSPS) is 25.4. The third kappa shape index (κ3) is 3.07. The Morgan fingerprint density at radius 3 is 3.06 bits per heavy atom. The van der Waals surface area contributed by atoms with Gasteiger partial charge in [-0.3, -0.25) is 0 Å². The molecule has 1 N–H and O–H groups in total. The second kappa shape index (κ2) is 5.65. The molecule has 4 heteroatoms. The molecule has 1 aliphatic rings. The Balaban J connectivity index is 2.04. The number of hydrogen-bond donors (Lipinski definition) is 1. The highest BCUT2D eigenvalue weighted by molar-refractivity contribution is 5.05. The summed E-state index contributed by atoms with van der Waals surface area (Å²) in [6, 6.07) is 0.532. The molecule has 0 spiro atoms. The molecule has 4 nitrogen and oxygen atoms in total. The zero-order valence-corrected chi connectivity index (χ0v) is 11.0. The zero-order valence-electron chi connectivity index (χ0n) is 11.0. The van der Waals surface area contributed by atoms with Crippen molar-refractivity contribution in [1.82, 2.24) is 14.9 Å². The predicted octanol–water partition coefficient (Wildman–Crippen LogP) is 1.89. The Morgan fingerprint density at radius 2 is 2.41 bits per heavy atom. The van der Waals surface area contributed by atoms with Crippen LogP contribution in [0, 0.1) is 5.92 Å². The van der Waals surface area contributed by atoms with E-state index in [1.165, 1.54) is 18.5 Å². The van der Waals surface area contributed by atoms with Crippen molar-refractivity contribution in [2.24, 2.45) is 13.0 Å². The van der Waals surface area contributed by atoms with Gasteiger partial charge in [-0.2, -0.15) is 0 Å². The lowest BCUT2D eigenvalue weighted by Gasteiger charge is -2.32. The molecule has 1 aromatic heterocycles. The van der Waals surface area contributed by atoms with Crippen molar-refractivity contribution in [2.75, 3.05) is 13.2 Å². The summed E-state index contributed by atoms with van der Waals surface area (Å²) in [6.07, 6.45) is 6.37. The molecule has 96 valence electrons. The van der Waals surface area contributed by atoms with Crippen LogP contribution in [0.1, 0.15) is 38.5 Å². The summed E-state index contributed by atoms with van der Waals surface area (Å²) in [5.41, 5.74) is 1.19. The predicted molar refractivity (Wildman–Crippen MR) is 67.8 cm³/mol. The first-order valence-electron chi connectivity index (χ1n) is 6.49. The summed E-state index contributed by atoms with van der Waals surface area (Å²) < 4.78 is 8.02. The number of rotatable bonds is 4. The van der Waals surface area contributed by atoms with Crippen molar-refractivity contribution in [3.63, 3.8) is 0 Å². The number of aromatic nitrogens is 2. The Kier molecular flexibility index (Phi) is 4.18. The minimum absolute atomic E-state index is 0.197. The van der Waals surface area contributed by atoms with Gasteiger partial charge in [-0.1, -0.05) is 13.8 Å². The van der Waals surface area contributed by atoms with Crippen molar-refractivity contribution in [2.45, 2.75) is 38.8 Å². The summed E-state index contributed by atoms with van der Waals surface area (Å²) in [7, 11) is 2.03. The van der Waals surface area contributed by atoms with E-state index in [4.69, 9.17) is 4.74 Å². The molecule has 0 radical (unpaired) electrons. The van der Waals surface area contributed by atoms with Crippen LogP contribution in [-0.4, -0.2) is 28.7 Å². The van der Waals surface area contributed by atoms with Crippen LogP contribution in [-0.2, 0) is 11.8 Å². The molecule has 0 aromatic carbocycles. The van der Waals surface area contributed by atoms with E-state index in [0.29, 0.717) is 12.0 Å². The monoisotopic (exact) mass is 237 g/mol. The van der Waals surface area contributed by atoms with Crippen molar-refractivity contribution in [1.29, 1.82) is 0 Å². The number of nitrogens with one attached hydrogen (secondary N) is 1. The summed E-state index contributed by atoms with van der Waals surface area (Å²) in [5, 5.41) is 3.52. The quantitative estimate of drug-likeness (QED) is 0.869. The van der Waals surface area contributed by atoms with E-state index in [0.717, 1.165) is 13.2 Å². The van der Waals surface area contributed by atoms with E-state index in [-0.39, 0.29) is 6.10 Å². The summed E-state index contributed by atoms with van der Waals surface area (Å²) in [5.74, 6) is 0.557. The highest BCUT2D eigenvalue weighted by atomic mass is 16.5. The molecule has 1 fully saturated rings. The number of nitrogens with zero attached hydrogens (tertiary/aromatic N) is 2. The molecule has 0 saturated carbocycles. The molecule has 2 heterocycles. The first-order valence-corrected chi connectivity index (χ1v) is 6.49. The molecule has 1 aromatic rings. The fourth-order valence-electron chi connectivity index (χ4n) is 2.41. The molecular weight excluding hydrogens is 214 g/mol.